The van der Waals surface area contributed by atoms with Crippen LogP contribution in [0.2, 0.25) is 0 Å². The second kappa shape index (κ2) is 6.36. The fourth-order valence-corrected chi connectivity index (χ4v) is 2.72. The van der Waals surface area contributed by atoms with Gasteiger partial charge in [0.1, 0.15) is 5.78 Å². The third kappa shape index (κ3) is 3.56. The van der Waals surface area contributed by atoms with Gasteiger partial charge in [-0.15, -0.1) is 0 Å². The van der Waals surface area contributed by atoms with E-state index in [1.807, 2.05) is 0 Å². The van der Waals surface area contributed by atoms with Gasteiger partial charge in [0.25, 0.3) is 0 Å². The van der Waals surface area contributed by atoms with Crippen molar-refractivity contribution in [1.82, 2.24) is 5.32 Å². The van der Waals surface area contributed by atoms with E-state index in [1.165, 1.54) is 12.8 Å². The van der Waals surface area contributed by atoms with Crippen LogP contribution in [0.5, 0.6) is 0 Å². The highest BCUT2D eigenvalue weighted by Crippen LogP contribution is 2.21. The minimum Gasteiger partial charge on any atom is -0.381 e. The minimum absolute atomic E-state index is 0.348. The summed E-state index contributed by atoms with van der Waals surface area (Å²) >= 11 is 0. The van der Waals surface area contributed by atoms with Crippen LogP contribution >= 0.6 is 0 Å². The van der Waals surface area contributed by atoms with E-state index in [1.54, 1.807) is 0 Å². The fourth-order valence-electron chi connectivity index (χ4n) is 2.72. The topological polar surface area (TPSA) is 38.3 Å². The minimum atomic E-state index is 0.348. The molecule has 2 fully saturated rings. The van der Waals surface area contributed by atoms with Gasteiger partial charge >= 0.3 is 0 Å². The van der Waals surface area contributed by atoms with Crippen LogP contribution in [0.25, 0.3) is 0 Å². The molecule has 0 spiro atoms. The normalized spacial score (nSPS) is 27.1. The van der Waals surface area contributed by atoms with E-state index >= 15 is 0 Å². The lowest BCUT2D eigenvalue weighted by molar-refractivity contribution is -0.123. The molecule has 3 heteroatoms. The molecule has 3 nitrogen and oxygen atoms in total. The van der Waals surface area contributed by atoms with Gasteiger partial charge in [0.05, 0.1) is 0 Å². The van der Waals surface area contributed by atoms with Gasteiger partial charge in [-0.1, -0.05) is 0 Å². The fraction of sp³-hybridized carbons (Fsp3) is 0.923. The Hall–Kier alpha value is -0.410. The van der Waals surface area contributed by atoms with Crippen LogP contribution in [0.1, 0.15) is 38.5 Å². The molecule has 0 saturated carbocycles. The van der Waals surface area contributed by atoms with Gasteiger partial charge in [-0.2, -0.15) is 0 Å². The Bertz CT molecular complexity index is 218. The van der Waals surface area contributed by atoms with Crippen molar-refractivity contribution < 1.29 is 9.53 Å². The first kappa shape index (κ1) is 12.1. The van der Waals surface area contributed by atoms with Gasteiger partial charge in [0.15, 0.2) is 0 Å². The van der Waals surface area contributed by atoms with Crippen molar-refractivity contribution >= 4 is 5.78 Å². The molecule has 92 valence electrons. The number of hydrogen-bond donors (Lipinski definition) is 1. The Morgan fingerprint density at radius 3 is 2.75 bits per heavy atom. The highest BCUT2D eigenvalue weighted by Gasteiger charge is 2.21. The maximum Gasteiger partial charge on any atom is 0.136 e. The van der Waals surface area contributed by atoms with E-state index in [2.05, 4.69) is 5.32 Å². The highest BCUT2D eigenvalue weighted by molar-refractivity contribution is 5.81. The molecule has 0 aliphatic carbocycles. The van der Waals surface area contributed by atoms with Crippen LogP contribution in [0.3, 0.4) is 0 Å². The lowest BCUT2D eigenvalue weighted by Crippen LogP contribution is -2.31. The second-order valence-corrected chi connectivity index (χ2v) is 5.11. The number of carbonyl (C=O) groups excluding carboxylic acids is 1. The number of piperidine rings is 1. The van der Waals surface area contributed by atoms with Crippen LogP contribution < -0.4 is 5.32 Å². The number of ether oxygens (including phenoxy) is 1. The first-order valence-electron chi connectivity index (χ1n) is 6.67. The quantitative estimate of drug-likeness (QED) is 0.775. The van der Waals surface area contributed by atoms with Crippen LogP contribution in [-0.4, -0.2) is 32.1 Å². The summed E-state index contributed by atoms with van der Waals surface area (Å²) < 4.78 is 5.34. The van der Waals surface area contributed by atoms with E-state index < -0.39 is 0 Å². The molecule has 0 aromatic rings. The maximum atomic E-state index is 11.9. The highest BCUT2D eigenvalue weighted by atomic mass is 16.5. The number of ketones is 1. The summed E-state index contributed by atoms with van der Waals surface area (Å²) in [5.74, 6) is 1.57. The smallest absolute Gasteiger partial charge is 0.136 e. The number of hydrogen-bond acceptors (Lipinski definition) is 3. The summed E-state index contributed by atoms with van der Waals surface area (Å²) in [6, 6.07) is 0. The van der Waals surface area contributed by atoms with E-state index in [-0.39, 0.29) is 0 Å². The van der Waals surface area contributed by atoms with Crippen molar-refractivity contribution in [1.29, 1.82) is 0 Å². The van der Waals surface area contributed by atoms with Gasteiger partial charge in [0.2, 0.25) is 0 Å². The average Bonchev–Trinajstić information content (AvgIpc) is 2.83. The van der Waals surface area contributed by atoms with Gasteiger partial charge < -0.3 is 10.1 Å². The Balaban J connectivity index is 1.59. The number of rotatable bonds is 5. The van der Waals surface area contributed by atoms with Crippen LogP contribution in [-0.2, 0) is 9.53 Å². The molecule has 0 aromatic carbocycles. The Kier molecular flexibility index (Phi) is 4.79. The van der Waals surface area contributed by atoms with E-state index in [0.717, 1.165) is 57.9 Å². The molecule has 1 unspecified atom stereocenters. The zero-order valence-electron chi connectivity index (χ0n) is 10.0. The molecular weight excluding hydrogens is 202 g/mol. The standard InChI is InChI=1S/C13H23NO2/c15-13(12-4-7-14-8-5-12)3-1-2-11-6-9-16-10-11/h11-12,14H,1-10H2. The van der Waals surface area contributed by atoms with Crippen LogP contribution in [0.15, 0.2) is 0 Å². The predicted octanol–water partition coefficient (Wildman–Crippen LogP) is 1.76. The van der Waals surface area contributed by atoms with E-state index in [4.69, 9.17) is 4.74 Å². The van der Waals surface area contributed by atoms with Crippen molar-refractivity contribution in [2.24, 2.45) is 11.8 Å². The molecule has 0 radical (unpaired) electrons. The molecule has 0 bridgehead atoms. The SMILES string of the molecule is O=C(CCCC1CCOC1)C1CCNCC1. The Morgan fingerprint density at radius 2 is 2.06 bits per heavy atom. The van der Waals surface area contributed by atoms with Crippen molar-refractivity contribution in [3.8, 4) is 0 Å². The third-order valence-electron chi connectivity index (χ3n) is 3.85. The van der Waals surface area contributed by atoms with Crippen molar-refractivity contribution in [2.75, 3.05) is 26.3 Å². The molecule has 0 aromatic heterocycles. The number of carbonyl (C=O) groups is 1. The third-order valence-corrected chi connectivity index (χ3v) is 3.85. The van der Waals surface area contributed by atoms with Gasteiger partial charge in [-0.25, -0.2) is 0 Å². The van der Waals surface area contributed by atoms with E-state index in [0.29, 0.717) is 11.7 Å². The summed E-state index contributed by atoms with van der Waals surface area (Å²) in [7, 11) is 0. The molecular formula is C13H23NO2. The monoisotopic (exact) mass is 225 g/mol. The van der Waals surface area contributed by atoms with E-state index in [9.17, 15) is 4.79 Å². The first-order chi connectivity index (χ1) is 7.86. The molecule has 2 saturated heterocycles. The summed E-state index contributed by atoms with van der Waals surface area (Å²) in [4.78, 5) is 11.9. The molecule has 16 heavy (non-hydrogen) atoms. The summed E-state index contributed by atoms with van der Waals surface area (Å²) in [6.45, 7) is 3.88. The maximum absolute atomic E-state index is 11.9. The molecule has 2 rings (SSSR count). The van der Waals surface area contributed by atoms with Gasteiger partial charge in [-0.05, 0) is 51.1 Å². The zero-order chi connectivity index (χ0) is 11.2. The summed E-state index contributed by atoms with van der Waals surface area (Å²) in [5, 5.41) is 3.30. The van der Waals surface area contributed by atoms with Crippen molar-refractivity contribution in [3.05, 3.63) is 0 Å². The largest absolute Gasteiger partial charge is 0.381 e. The van der Waals surface area contributed by atoms with Crippen molar-refractivity contribution in [2.45, 2.75) is 38.5 Å². The average molecular weight is 225 g/mol. The second-order valence-electron chi connectivity index (χ2n) is 5.11. The van der Waals surface area contributed by atoms with Gasteiger partial charge in [0, 0.05) is 25.6 Å². The summed E-state index contributed by atoms with van der Waals surface area (Å²) in [6.07, 6.45) is 6.33. The molecule has 1 N–H and O–H groups in total. The predicted molar refractivity (Wildman–Crippen MR) is 63.4 cm³/mol. The number of Topliss-reactive ketones (excluding diaryl/α,β-unsaturated/α-hetero) is 1. The lowest BCUT2D eigenvalue weighted by Gasteiger charge is -2.21. The Labute approximate surface area is 97.9 Å². The summed E-state index contributed by atoms with van der Waals surface area (Å²) in [5.41, 5.74) is 0. The molecule has 2 heterocycles. The zero-order valence-corrected chi connectivity index (χ0v) is 10.0. The van der Waals surface area contributed by atoms with Gasteiger partial charge in [-0.3, -0.25) is 4.79 Å². The Morgan fingerprint density at radius 1 is 1.25 bits per heavy atom. The first-order valence-corrected chi connectivity index (χ1v) is 6.67. The molecule has 1 atom stereocenters. The molecule has 2 aliphatic heterocycles. The van der Waals surface area contributed by atoms with Crippen LogP contribution in [0, 0.1) is 11.8 Å². The van der Waals surface area contributed by atoms with Crippen LogP contribution in [0.4, 0.5) is 0 Å². The molecule has 0 amide bonds. The lowest BCUT2D eigenvalue weighted by atomic mass is 9.90. The molecule has 2 aliphatic rings. The number of nitrogens with one attached hydrogen (secondary N) is 1. The van der Waals surface area contributed by atoms with Crippen molar-refractivity contribution in [3.63, 3.8) is 0 Å².